The van der Waals surface area contributed by atoms with Crippen molar-refractivity contribution in [2.45, 2.75) is 19.3 Å². The summed E-state index contributed by atoms with van der Waals surface area (Å²) < 4.78 is 0.195. The zero-order chi connectivity index (χ0) is 8.15. The van der Waals surface area contributed by atoms with E-state index in [4.69, 9.17) is 5.11 Å². The normalized spacial score (nSPS) is 43.1. The van der Waals surface area contributed by atoms with Crippen LogP contribution in [0.5, 0.6) is 0 Å². The summed E-state index contributed by atoms with van der Waals surface area (Å²) in [4.78, 5) is 10.6. The van der Waals surface area contributed by atoms with E-state index in [1.807, 2.05) is 0 Å². The van der Waals surface area contributed by atoms with E-state index in [0.717, 1.165) is 0 Å². The standard InChI is InChI=1S/C7H11O2.Rb/c1-4-5(6(8)9)7(4,2)3;/h5H,1-3H3,(H,8,9);. The van der Waals surface area contributed by atoms with Crippen LogP contribution in [-0.4, -0.2) is 66.6 Å². The van der Waals surface area contributed by atoms with Crippen molar-refractivity contribution >= 4 is 61.5 Å². The van der Waals surface area contributed by atoms with Gasteiger partial charge in [0.25, 0.3) is 0 Å². The topological polar surface area (TPSA) is 37.3 Å². The van der Waals surface area contributed by atoms with E-state index >= 15 is 0 Å². The maximum atomic E-state index is 10.6. The Hall–Kier alpha value is 1.28. The van der Waals surface area contributed by atoms with Crippen molar-refractivity contribution in [1.29, 1.82) is 0 Å². The summed E-state index contributed by atoms with van der Waals surface area (Å²) in [6.45, 7) is 6.22. The number of carbonyl (C=O) groups is 1. The third kappa shape index (κ3) is 1.08. The quantitative estimate of drug-likeness (QED) is 0.706. The molecule has 10 heavy (non-hydrogen) atoms. The molecule has 2 atom stereocenters. The van der Waals surface area contributed by atoms with Crippen LogP contribution >= 0.6 is 0 Å². The SMILES string of the molecule is CC1(C)C(C(=O)O)[C]1(C)[Rb]. The number of carboxylic acid groups (broad SMARTS) is 1. The minimum atomic E-state index is -0.605. The van der Waals surface area contributed by atoms with Gasteiger partial charge in [-0.25, -0.2) is 0 Å². The van der Waals surface area contributed by atoms with Crippen LogP contribution in [0.4, 0.5) is 0 Å². The van der Waals surface area contributed by atoms with Crippen molar-refractivity contribution in [3.8, 4) is 0 Å². The van der Waals surface area contributed by atoms with Crippen LogP contribution in [0.1, 0.15) is 20.8 Å². The molecule has 1 aliphatic carbocycles. The van der Waals surface area contributed by atoms with Gasteiger partial charge in [-0.2, -0.15) is 0 Å². The molecule has 2 unspecified atom stereocenters. The number of hydrogen-bond donors (Lipinski definition) is 1. The molecule has 0 bridgehead atoms. The summed E-state index contributed by atoms with van der Waals surface area (Å²) in [7, 11) is 0. The Morgan fingerprint density at radius 3 is 1.80 bits per heavy atom. The van der Waals surface area contributed by atoms with Gasteiger partial charge < -0.3 is 0 Å². The molecule has 0 spiro atoms. The predicted molar refractivity (Wildman–Crippen MR) is 39.0 cm³/mol. The van der Waals surface area contributed by atoms with Crippen molar-refractivity contribution in [3.05, 3.63) is 0 Å². The van der Waals surface area contributed by atoms with Gasteiger partial charge in [-0.15, -0.1) is 0 Å². The van der Waals surface area contributed by atoms with Crippen LogP contribution in [0.3, 0.4) is 0 Å². The molecule has 0 radical (unpaired) electrons. The molecular weight excluding hydrogens is 202 g/mol. The molecule has 2 nitrogen and oxygen atoms in total. The van der Waals surface area contributed by atoms with E-state index in [1.165, 1.54) is 0 Å². The third-order valence-corrected chi connectivity index (χ3v) is 7.85. The van der Waals surface area contributed by atoms with E-state index in [1.54, 1.807) is 0 Å². The van der Waals surface area contributed by atoms with Gasteiger partial charge in [0.15, 0.2) is 0 Å². The average Bonchev–Trinajstić information content (AvgIpc) is 1.97. The third-order valence-electron chi connectivity index (χ3n) is 3.27. The summed E-state index contributed by atoms with van der Waals surface area (Å²) in [6.07, 6.45) is 0. The zero-order valence-electron chi connectivity index (χ0n) is 6.93. The molecule has 0 saturated heterocycles. The van der Waals surface area contributed by atoms with Crippen LogP contribution in [-0.2, 0) is 4.79 Å². The first kappa shape index (κ1) is 9.36. The summed E-state index contributed by atoms with van der Waals surface area (Å²) in [6, 6.07) is 0. The van der Waals surface area contributed by atoms with Gasteiger partial charge in [-0.05, 0) is 0 Å². The van der Waals surface area contributed by atoms with Crippen molar-refractivity contribution < 1.29 is 9.90 Å². The van der Waals surface area contributed by atoms with Crippen molar-refractivity contribution in [1.82, 2.24) is 0 Å². The molecule has 0 aromatic carbocycles. The average molecular weight is 213 g/mol. The van der Waals surface area contributed by atoms with E-state index in [2.05, 4.69) is 20.8 Å². The van der Waals surface area contributed by atoms with Crippen LogP contribution in [0, 0.1) is 11.3 Å². The van der Waals surface area contributed by atoms with Crippen LogP contribution < -0.4 is 0 Å². The Labute approximate surface area is 100 Å². The molecule has 0 aromatic heterocycles. The molecule has 3 heteroatoms. The number of carboxylic acids is 1. The van der Waals surface area contributed by atoms with Crippen LogP contribution in [0.15, 0.2) is 0 Å². The summed E-state index contributed by atoms with van der Waals surface area (Å²) in [5.41, 5.74) is 0.0783. The zero-order valence-corrected chi connectivity index (χ0v) is 11.8. The Morgan fingerprint density at radius 2 is 1.80 bits per heavy atom. The molecule has 0 aliphatic heterocycles. The van der Waals surface area contributed by atoms with Gasteiger partial charge in [0.05, 0.1) is 0 Å². The Bertz CT molecular complexity index is 170. The fourth-order valence-corrected chi connectivity index (χ4v) is 4.55. The van der Waals surface area contributed by atoms with Crippen LogP contribution in [0.25, 0.3) is 0 Å². The molecule has 1 N–H and O–H groups in total. The fraction of sp³-hybridized carbons (Fsp3) is 0.857. The molecule has 1 rings (SSSR count). The second-order valence-corrected chi connectivity index (χ2v) is 9.32. The summed E-state index contributed by atoms with van der Waals surface area (Å²) in [5, 5.41) is 8.76. The van der Waals surface area contributed by atoms with Gasteiger partial charge in [-0.1, -0.05) is 0 Å². The monoisotopic (exact) mass is 212 g/mol. The first-order valence-corrected chi connectivity index (χ1v) is 6.00. The Morgan fingerprint density at radius 1 is 1.50 bits per heavy atom. The summed E-state index contributed by atoms with van der Waals surface area (Å²) in [5.74, 6) is -0.664. The number of hydrogen-bond acceptors (Lipinski definition) is 1. The van der Waals surface area contributed by atoms with E-state index in [0.29, 0.717) is 55.5 Å². The van der Waals surface area contributed by atoms with Gasteiger partial charge in [-0.3, -0.25) is 0 Å². The van der Waals surface area contributed by atoms with E-state index in [9.17, 15) is 4.79 Å². The first-order valence-electron chi connectivity index (χ1n) is 3.54. The molecule has 1 aliphatic rings. The molecule has 0 amide bonds. The molecule has 1 fully saturated rings. The van der Waals surface area contributed by atoms with E-state index in [-0.39, 0.29) is 9.82 Å². The summed E-state index contributed by atoms with van der Waals surface area (Å²) >= 11 is 0.451. The van der Waals surface area contributed by atoms with Crippen LogP contribution in [0.2, 0.25) is -1.52 Å². The molecular formula is C7H11O2Rb. The predicted octanol–water partition coefficient (Wildman–Crippen LogP) is 1.07. The number of aliphatic carboxylic acids is 1. The van der Waals surface area contributed by atoms with Crippen molar-refractivity contribution in [2.75, 3.05) is 0 Å². The second-order valence-electron chi connectivity index (χ2n) is 4.21. The van der Waals surface area contributed by atoms with Gasteiger partial charge in [0, 0.05) is 0 Å². The van der Waals surface area contributed by atoms with Gasteiger partial charge >= 0.3 is 102 Å². The van der Waals surface area contributed by atoms with Gasteiger partial charge in [0.1, 0.15) is 0 Å². The minimum absolute atomic E-state index is 0.0594. The molecule has 0 heterocycles. The van der Waals surface area contributed by atoms with E-state index < -0.39 is 5.97 Å². The maximum absolute atomic E-state index is 10.6. The second kappa shape index (κ2) is 2.38. The first-order chi connectivity index (χ1) is 4.32. The molecule has 0 aromatic rings. The fourth-order valence-electron chi connectivity index (χ4n) is 1.81. The van der Waals surface area contributed by atoms with Crippen molar-refractivity contribution in [2.24, 2.45) is 11.3 Å². The molecule has 52 valence electrons. The Balaban J connectivity index is 2.81. The van der Waals surface area contributed by atoms with Crippen molar-refractivity contribution in [3.63, 3.8) is 0 Å². The Kier molecular flexibility index (Phi) is 2.23. The number of rotatable bonds is 1. The van der Waals surface area contributed by atoms with Gasteiger partial charge in [0.2, 0.25) is 0 Å². The molecule has 1 saturated carbocycles.